The Balaban J connectivity index is 1.91. The molecule has 0 spiro atoms. The molecule has 0 saturated heterocycles. The number of carbonyl (C=O) groups is 1. The molecule has 1 aliphatic rings. The zero-order valence-electron chi connectivity index (χ0n) is 10.9. The zero-order valence-corrected chi connectivity index (χ0v) is 10.9. The maximum absolute atomic E-state index is 12.0. The molecule has 1 aliphatic carbocycles. The van der Waals surface area contributed by atoms with Crippen molar-refractivity contribution in [2.45, 2.75) is 26.2 Å². The molecule has 0 bridgehead atoms. The van der Waals surface area contributed by atoms with Crippen LogP contribution in [-0.4, -0.2) is 24.0 Å². The standard InChI is InChI=1S/C14H21N3O/c1-10-8-16-6-5-13(10)14(18)17-9-12-4-2-3-11(12)7-15/h5-6,8,11-12H,2-4,7,9,15H2,1H3,(H,17,18). The number of carbonyl (C=O) groups excluding carboxylic acids is 1. The topological polar surface area (TPSA) is 68.0 Å². The minimum atomic E-state index is -0.00225. The van der Waals surface area contributed by atoms with Gasteiger partial charge in [-0.15, -0.1) is 0 Å². The van der Waals surface area contributed by atoms with Crippen molar-refractivity contribution in [3.63, 3.8) is 0 Å². The summed E-state index contributed by atoms with van der Waals surface area (Å²) >= 11 is 0. The van der Waals surface area contributed by atoms with Gasteiger partial charge < -0.3 is 11.1 Å². The Hall–Kier alpha value is -1.42. The van der Waals surface area contributed by atoms with Crippen molar-refractivity contribution in [2.75, 3.05) is 13.1 Å². The van der Waals surface area contributed by atoms with Crippen molar-refractivity contribution in [1.82, 2.24) is 10.3 Å². The van der Waals surface area contributed by atoms with Crippen LogP contribution in [0, 0.1) is 18.8 Å². The highest BCUT2D eigenvalue weighted by Gasteiger charge is 2.26. The first kappa shape index (κ1) is 13.0. The average Bonchev–Trinajstić information content (AvgIpc) is 2.84. The maximum atomic E-state index is 12.0. The highest BCUT2D eigenvalue weighted by molar-refractivity contribution is 5.95. The van der Waals surface area contributed by atoms with Gasteiger partial charge in [0.25, 0.3) is 5.91 Å². The summed E-state index contributed by atoms with van der Waals surface area (Å²) in [6, 6.07) is 1.76. The van der Waals surface area contributed by atoms with Crippen molar-refractivity contribution in [3.8, 4) is 0 Å². The smallest absolute Gasteiger partial charge is 0.251 e. The minimum Gasteiger partial charge on any atom is -0.352 e. The Morgan fingerprint density at radius 2 is 2.28 bits per heavy atom. The normalized spacial score (nSPS) is 23.0. The summed E-state index contributed by atoms with van der Waals surface area (Å²) in [6.07, 6.45) is 6.98. The van der Waals surface area contributed by atoms with E-state index in [1.165, 1.54) is 19.3 Å². The molecule has 1 amide bonds. The number of rotatable bonds is 4. The van der Waals surface area contributed by atoms with Crippen LogP contribution in [0.25, 0.3) is 0 Å². The summed E-state index contributed by atoms with van der Waals surface area (Å²) in [5, 5.41) is 3.02. The molecule has 3 N–H and O–H groups in total. The molecule has 4 heteroatoms. The van der Waals surface area contributed by atoms with Crippen LogP contribution in [0.5, 0.6) is 0 Å². The first-order chi connectivity index (χ1) is 8.72. The van der Waals surface area contributed by atoms with Crippen LogP contribution in [0.15, 0.2) is 18.5 Å². The van der Waals surface area contributed by atoms with Crippen molar-refractivity contribution in [2.24, 2.45) is 17.6 Å². The number of hydrogen-bond acceptors (Lipinski definition) is 3. The third kappa shape index (κ3) is 2.88. The first-order valence-corrected chi connectivity index (χ1v) is 6.61. The van der Waals surface area contributed by atoms with Gasteiger partial charge in [-0.3, -0.25) is 9.78 Å². The van der Waals surface area contributed by atoms with Gasteiger partial charge >= 0.3 is 0 Å². The van der Waals surface area contributed by atoms with Gasteiger partial charge in [-0.25, -0.2) is 0 Å². The molecule has 2 unspecified atom stereocenters. The van der Waals surface area contributed by atoms with Gasteiger partial charge in [-0.05, 0) is 49.8 Å². The van der Waals surface area contributed by atoms with Crippen LogP contribution < -0.4 is 11.1 Å². The van der Waals surface area contributed by atoms with E-state index in [2.05, 4.69) is 10.3 Å². The van der Waals surface area contributed by atoms with E-state index in [9.17, 15) is 4.79 Å². The van der Waals surface area contributed by atoms with Crippen molar-refractivity contribution < 1.29 is 4.79 Å². The second-order valence-electron chi connectivity index (χ2n) is 5.09. The Morgan fingerprint density at radius 1 is 1.50 bits per heavy atom. The van der Waals surface area contributed by atoms with E-state index >= 15 is 0 Å². The van der Waals surface area contributed by atoms with Gasteiger partial charge in [0.05, 0.1) is 0 Å². The number of amides is 1. The van der Waals surface area contributed by atoms with E-state index in [1.807, 2.05) is 6.92 Å². The van der Waals surface area contributed by atoms with Crippen LogP contribution >= 0.6 is 0 Å². The second kappa shape index (κ2) is 5.96. The van der Waals surface area contributed by atoms with E-state index in [0.29, 0.717) is 17.4 Å². The third-order valence-corrected chi connectivity index (χ3v) is 3.91. The van der Waals surface area contributed by atoms with Gasteiger partial charge in [0, 0.05) is 24.5 Å². The van der Waals surface area contributed by atoms with E-state index in [0.717, 1.165) is 18.7 Å². The Labute approximate surface area is 108 Å². The molecular formula is C14H21N3O. The van der Waals surface area contributed by atoms with Crippen LogP contribution in [0.1, 0.15) is 35.2 Å². The average molecular weight is 247 g/mol. The van der Waals surface area contributed by atoms with E-state index in [1.54, 1.807) is 18.5 Å². The fourth-order valence-corrected chi connectivity index (χ4v) is 2.74. The van der Waals surface area contributed by atoms with Crippen molar-refractivity contribution in [3.05, 3.63) is 29.6 Å². The molecule has 4 nitrogen and oxygen atoms in total. The largest absolute Gasteiger partial charge is 0.352 e. The summed E-state index contributed by atoms with van der Waals surface area (Å²) in [5.41, 5.74) is 7.37. The molecule has 0 radical (unpaired) electrons. The molecule has 1 fully saturated rings. The highest BCUT2D eigenvalue weighted by Crippen LogP contribution is 2.30. The van der Waals surface area contributed by atoms with Gasteiger partial charge in [0.2, 0.25) is 0 Å². The molecule has 0 aliphatic heterocycles. The number of nitrogens with two attached hydrogens (primary N) is 1. The predicted molar refractivity (Wildman–Crippen MR) is 71.2 cm³/mol. The second-order valence-corrected chi connectivity index (χ2v) is 5.09. The van der Waals surface area contributed by atoms with E-state index < -0.39 is 0 Å². The fourth-order valence-electron chi connectivity index (χ4n) is 2.74. The molecule has 0 aromatic carbocycles. The molecule has 1 aromatic heterocycles. The number of nitrogens with one attached hydrogen (secondary N) is 1. The van der Waals surface area contributed by atoms with Gasteiger partial charge in [0.15, 0.2) is 0 Å². The monoisotopic (exact) mass is 247 g/mol. The van der Waals surface area contributed by atoms with Crippen molar-refractivity contribution >= 4 is 5.91 Å². The van der Waals surface area contributed by atoms with Gasteiger partial charge in [-0.2, -0.15) is 0 Å². The quantitative estimate of drug-likeness (QED) is 0.847. The van der Waals surface area contributed by atoms with Crippen LogP contribution in [0.4, 0.5) is 0 Å². The molecule has 2 atom stereocenters. The van der Waals surface area contributed by atoms with Crippen LogP contribution in [0.2, 0.25) is 0 Å². The van der Waals surface area contributed by atoms with Crippen LogP contribution in [0.3, 0.4) is 0 Å². The lowest BCUT2D eigenvalue weighted by atomic mass is 9.96. The number of hydrogen-bond donors (Lipinski definition) is 2. The van der Waals surface area contributed by atoms with E-state index in [4.69, 9.17) is 5.73 Å². The predicted octanol–water partition coefficient (Wildman–Crippen LogP) is 1.49. The summed E-state index contributed by atoms with van der Waals surface area (Å²) in [5.74, 6) is 1.11. The molecule has 1 aromatic rings. The highest BCUT2D eigenvalue weighted by atomic mass is 16.1. The number of nitrogens with zero attached hydrogens (tertiary/aromatic N) is 1. The SMILES string of the molecule is Cc1cnccc1C(=O)NCC1CCCC1CN. The van der Waals surface area contributed by atoms with Gasteiger partial charge in [0.1, 0.15) is 0 Å². The molecular weight excluding hydrogens is 226 g/mol. The zero-order chi connectivity index (χ0) is 13.0. The van der Waals surface area contributed by atoms with Crippen LogP contribution in [-0.2, 0) is 0 Å². The lowest BCUT2D eigenvalue weighted by molar-refractivity contribution is 0.0943. The van der Waals surface area contributed by atoms with E-state index in [-0.39, 0.29) is 5.91 Å². The lowest BCUT2D eigenvalue weighted by Crippen LogP contribution is -2.33. The van der Waals surface area contributed by atoms with Gasteiger partial charge in [-0.1, -0.05) is 6.42 Å². The molecule has 1 heterocycles. The lowest BCUT2D eigenvalue weighted by Gasteiger charge is -2.18. The first-order valence-electron chi connectivity index (χ1n) is 6.61. The molecule has 18 heavy (non-hydrogen) atoms. The fraction of sp³-hybridized carbons (Fsp3) is 0.571. The van der Waals surface area contributed by atoms with Crippen molar-refractivity contribution in [1.29, 1.82) is 0 Å². The molecule has 1 saturated carbocycles. The number of pyridine rings is 1. The molecule has 98 valence electrons. The third-order valence-electron chi connectivity index (χ3n) is 3.91. The summed E-state index contributed by atoms with van der Waals surface area (Å²) in [6.45, 7) is 3.37. The maximum Gasteiger partial charge on any atom is 0.251 e. The number of aryl methyl sites for hydroxylation is 1. The molecule has 2 rings (SSSR count). The Bertz CT molecular complexity index is 419. The summed E-state index contributed by atoms with van der Waals surface area (Å²) in [7, 11) is 0. The number of aromatic nitrogens is 1. The minimum absolute atomic E-state index is 0.00225. The summed E-state index contributed by atoms with van der Waals surface area (Å²) in [4.78, 5) is 16.0. The Kier molecular flexibility index (Phi) is 4.31. The Morgan fingerprint density at radius 3 is 3.00 bits per heavy atom. The summed E-state index contributed by atoms with van der Waals surface area (Å²) < 4.78 is 0.